The van der Waals surface area contributed by atoms with E-state index in [1.165, 1.54) is 19.1 Å². The molecule has 1 rings (SSSR count). The second-order valence-corrected chi connectivity index (χ2v) is 4.27. The zero-order valence-electron chi connectivity index (χ0n) is 8.28. The number of nitrogens with zero attached hydrogens (tertiary/aromatic N) is 2. The van der Waals surface area contributed by atoms with Crippen LogP contribution in [0.2, 0.25) is 0 Å². The van der Waals surface area contributed by atoms with Crippen LogP contribution in [-0.4, -0.2) is 26.2 Å². The number of hydrogen-bond acceptors (Lipinski definition) is 6. The molecule has 0 aliphatic rings. The second-order valence-electron chi connectivity index (χ2n) is 2.91. The number of aliphatic carboxylic acids is 1. The molecular weight excluding hydrogens is 234 g/mol. The number of thioether (sulfide) groups is 1. The van der Waals surface area contributed by atoms with Gasteiger partial charge in [0.25, 0.3) is 0 Å². The van der Waals surface area contributed by atoms with Gasteiger partial charge in [-0.25, -0.2) is 4.98 Å². The topological polar surface area (TPSA) is 119 Å². The van der Waals surface area contributed by atoms with Crippen LogP contribution < -0.4 is 5.73 Å². The number of carbonyl (C=O) groups is 1. The van der Waals surface area contributed by atoms with Crippen molar-refractivity contribution in [1.82, 2.24) is 4.98 Å². The van der Waals surface area contributed by atoms with Crippen LogP contribution in [0, 0.1) is 10.1 Å². The van der Waals surface area contributed by atoms with Crippen molar-refractivity contribution in [3.8, 4) is 0 Å². The molecule has 0 aliphatic carbocycles. The van der Waals surface area contributed by atoms with Gasteiger partial charge >= 0.3 is 11.7 Å². The molecule has 1 unspecified atom stereocenters. The van der Waals surface area contributed by atoms with Crippen LogP contribution >= 0.6 is 11.8 Å². The van der Waals surface area contributed by atoms with Crippen LogP contribution in [0.1, 0.15) is 6.92 Å². The van der Waals surface area contributed by atoms with Gasteiger partial charge in [-0.05, 0) is 13.0 Å². The maximum Gasteiger partial charge on any atom is 0.316 e. The lowest BCUT2D eigenvalue weighted by molar-refractivity contribution is -0.384. The Bertz CT molecular complexity index is 437. The molecule has 0 spiro atoms. The summed E-state index contributed by atoms with van der Waals surface area (Å²) in [4.78, 5) is 24.1. The molecule has 0 fully saturated rings. The zero-order chi connectivity index (χ0) is 12.3. The van der Waals surface area contributed by atoms with Crippen LogP contribution in [-0.2, 0) is 4.79 Å². The normalized spacial score (nSPS) is 12.1. The lowest BCUT2D eigenvalue weighted by Gasteiger charge is -2.05. The molecule has 0 bridgehead atoms. The number of hydrogen-bond donors (Lipinski definition) is 2. The Labute approximate surface area is 94.8 Å². The summed E-state index contributed by atoms with van der Waals surface area (Å²) in [7, 11) is 0. The summed E-state index contributed by atoms with van der Waals surface area (Å²) in [6.07, 6.45) is 0. The number of carboxylic acids is 1. The maximum atomic E-state index is 10.6. The van der Waals surface area contributed by atoms with Gasteiger partial charge in [0, 0.05) is 6.07 Å². The molecular formula is C8H9N3O4S. The molecule has 0 aliphatic heterocycles. The summed E-state index contributed by atoms with van der Waals surface area (Å²) in [5, 5.41) is 18.8. The third kappa shape index (κ3) is 2.83. The molecule has 0 saturated heterocycles. The molecule has 1 atom stereocenters. The molecule has 86 valence electrons. The zero-order valence-corrected chi connectivity index (χ0v) is 9.10. The van der Waals surface area contributed by atoms with Crippen molar-refractivity contribution in [3.63, 3.8) is 0 Å². The van der Waals surface area contributed by atoms with Gasteiger partial charge in [-0.1, -0.05) is 11.8 Å². The number of anilines is 1. The molecule has 7 nitrogen and oxygen atoms in total. The number of pyridine rings is 1. The summed E-state index contributed by atoms with van der Waals surface area (Å²) < 4.78 is 0. The molecule has 8 heteroatoms. The Balaban J connectivity index is 2.89. The first kappa shape index (κ1) is 12.2. The quantitative estimate of drug-likeness (QED) is 0.462. The predicted octanol–water partition coefficient (Wildman–Crippen LogP) is 1.14. The van der Waals surface area contributed by atoms with E-state index >= 15 is 0 Å². The van der Waals surface area contributed by atoms with Crippen molar-refractivity contribution in [2.24, 2.45) is 0 Å². The van der Waals surface area contributed by atoms with E-state index in [0.29, 0.717) is 5.03 Å². The van der Waals surface area contributed by atoms with Gasteiger partial charge in [-0.15, -0.1) is 0 Å². The molecule has 16 heavy (non-hydrogen) atoms. The number of rotatable bonds is 4. The Hall–Kier alpha value is -1.83. The average molecular weight is 243 g/mol. The SMILES string of the molecule is CC(Sc1ccc([N+](=O)[O-])c(N)n1)C(=O)O. The van der Waals surface area contributed by atoms with Crippen molar-refractivity contribution in [2.75, 3.05) is 5.73 Å². The van der Waals surface area contributed by atoms with E-state index in [1.807, 2.05) is 0 Å². The van der Waals surface area contributed by atoms with Gasteiger partial charge in [0.05, 0.1) is 9.95 Å². The van der Waals surface area contributed by atoms with Crippen molar-refractivity contribution >= 4 is 29.2 Å². The molecule has 0 aromatic carbocycles. The highest BCUT2D eigenvalue weighted by atomic mass is 32.2. The first-order valence-corrected chi connectivity index (χ1v) is 5.10. The van der Waals surface area contributed by atoms with Crippen LogP contribution in [0.15, 0.2) is 17.2 Å². The van der Waals surface area contributed by atoms with E-state index < -0.39 is 16.1 Å². The molecule has 1 aromatic heterocycles. The minimum atomic E-state index is -0.983. The number of nitro groups is 1. The Kier molecular flexibility index (Phi) is 3.67. The highest BCUT2D eigenvalue weighted by Crippen LogP contribution is 2.26. The number of nitrogens with two attached hydrogens (primary N) is 1. The molecule has 0 saturated carbocycles. The molecule has 0 radical (unpaired) electrons. The van der Waals surface area contributed by atoms with Crippen LogP contribution in [0.3, 0.4) is 0 Å². The van der Waals surface area contributed by atoms with E-state index in [9.17, 15) is 14.9 Å². The number of nitrogen functional groups attached to an aromatic ring is 1. The lowest BCUT2D eigenvalue weighted by atomic mass is 10.4. The van der Waals surface area contributed by atoms with Gasteiger partial charge in [0.15, 0.2) is 0 Å². The standard InChI is InChI=1S/C8H9N3O4S/c1-4(8(12)13)16-6-3-2-5(11(14)15)7(9)10-6/h2-4H,1H3,(H2,9,10)(H,12,13). The number of carboxylic acid groups (broad SMARTS) is 1. The van der Waals surface area contributed by atoms with Gasteiger partial charge in [-0.3, -0.25) is 14.9 Å². The van der Waals surface area contributed by atoms with Gasteiger partial charge < -0.3 is 10.8 Å². The summed E-state index contributed by atoms with van der Waals surface area (Å²) in [5.41, 5.74) is 5.08. The molecule has 0 amide bonds. The highest BCUT2D eigenvalue weighted by Gasteiger charge is 2.17. The van der Waals surface area contributed by atoms with Crippen LogP contribution in [0.5, 0.6) is 0 Å². The fraction of sp³-hybridized carbons (Fsp3) is 0.250. The van der Waals surface area contributed by atoms with Gasteiger partial charge in [0.2, 0.25) is 5.82 Å². The van der Waals surface area contributed by atoms with Crippen LogP contribution in [0.25, 0.3) is 0 Å². The monoisotopic (exact) mass is 243 g/mol. The van der Waals surface area contributed by atoms with Crippen molar-refractivity contribution < 1.29 is 14.8 Å². The van der Waals surface area contributed by atoms with Crippen LogP contribution in [0.4, 0.5) is 11.5 Å². The molecule has 1 heterocycles. The lowest BCUT2D eigenvalue weighted by Crippen LogP contribution is -2.11. The molecule has 3 N–H and O–H groups in total. The third-order valence-corrected chi connectivity index (χ3v) is 2.74. The second kappa shape index (κ2) is 4.79. The summed E-state index contributed by atoms with van der Waals surface area (Å²) in [6, 6.07) is 2.58. The fourth-order valence-electron chi connectivity index (χ4n) is 0.900. The van der Waals surface area contributed by atoms with E-state index in [1.54, 1.807) is 0 Å². The Morgan fingerprint density at radius 3 is 2.75 bits per heavy atom. The van der Waals surface area contributed by atoms with E-state index in [2.05, 4.69) is 4.98 Å². The third-order valence-electron chi connectivity index (χ3n) is 1.72. The summed E-state index contributed by atoms with van der Waals surface area (Å²) >= 11 is 0.973. The first-order chi connectivity index (χ1) is 7.41. The smallest absolute Gasteiger partial charge is 0.316 e. The largest absolute Gasteiger partial charge is 0.480 e. The fourth-order valence-corrected chi connectivity index (χ4v) is 1.66. The van der Waals surface area contributed by atoms with E-state index in [0.717, 1.165) is 11.8 Å². The predicted molar refractivity (Wildman–Crippen MR) is 58.3 cm³/mol. The van der Waals surface area contributed by atoms with Crippen molar-refractivity contribution in [3.05, 3.63) is 22.2 Å². The first-order valence-electron chi connectivity index (χ1n) is 4.22. The average Bonchev–Trinajstić information content (AvgIpc) is 2.16. The Morgan fingerprint density at radius 2 is 2.31 bits per heavy atom. The van der Waals surface area contributed by atoms with Gasteiger partial charge in [-0.2, -0.15) is 0 Å². The maximum absolute atomic E-state index is 10.6. The van der Waals surface area contributed by atoms with E-state index in [-0.39, 0.29) is 11.5 Å². The summed E-state index contributed by atoms with van der Waals surface area (Å²) in [5.74, 6) is -1.20. The summed E-state index contributed by atoms with van der Waals surface area (Å²) in [6.45, 7) is 1.49. The minimum Gasteiger partial charge on any atom is -0.480 e. The van der Waals surface area contributed by atoms with Gasteiger partial charge in [0.1, 0.15) is 5.25 Å². The Morgan fingerprint density at radius 1 is 1.69 bits per heavy atom. The van der Waals surface area contributed by atoms with Crippen molar-refractivity contribution in [2.45, 2.75) is 17.2 Å². The molecule has 1 aromatic rings. The number of aromatic nitrogens is 1. The minimum absolute atomic E-state index is 0.215. The van der Waals surface area contributed by atoms with Crippen molar-refractivity contribution in [1.29, 1.82) is 0 Å². The highest BCUT2D eigenvalue weighted by molar-refractivity contribution is 8.00. The van der Waals surface area contributed by atoms with E-state index in [4.69, 9.17) is 10.8 Å².